The number of benzene rings is 1. The van der Waals surface area contributed by atoms with E-state index in [4.69, 9.17) is 22.1 Å². The second-order valence-corrected chi connectivity index (χ2v) is 5.48. The maximum absolute atomic E-state index is 11.7. The first-order valence-corrected chi connectivity index (χ1v) is 7.03. The number of ether oxygens (including phenoxy) is 3. The monoisotopic (exact) mass is 290 g/mol. The minimum absolute atomic E-state index is 0.414. The Morgan fingerprint density at radius 1 is 1.19 bits per heavy atom. The third kappa shape index (κ3) is 4.69. The van der Waals surface area contributed by atoms with Crippen molar-refractivity contribution in [2.45, 2.75) is 46.0 Å². The molecule has 1 rings (SSSR count). The van der Waals surface area contributed by atoms with E-state index in [1.165, 1.54) is 7.11 Å². The van der Waals surface area contributed by atoms with Crippen LogP contribution in [0.15, 0.2) is 12.1 Å². The normalized spacial score (nSPS) is 11.1. The Morgan fingerprint density at radius 3 is 2.33 bits per heavy atom. The van der Waals surface area contributed by atoms with Crippen LogP contribution in [0.3, 0.4) is 0 Å². The summed E-state index contributed by atoms with van der Waals surface area (Å²) < 4.78 is 16.2. The van der Waals surface area contributed by atoms with E-state index in [9.17, 15) is 4.79 Å². The van der Waals surface area contributed by atoms with Crippen LogP contribution in [0.2, 0.25) is 6.32 Å². The lowest BCUT2D eigenvalue weighted by atomic mass is 10.0. The Kier molecular flexibility index (Phi) is 6.12. The molecule has 0 heterocycles. The third-order valence-electron chi connectivity index (χ3n) is 3.12. The van der Waals surface area contributed by atoms with Crippen LogP contribution in [-0.2, 0) is 9.53 Å². The molecule has 0 spiro atoms. The molecule has 114 valence electrons. The van der Waals surface area contributed by atoms with E-state index < -0.39 is 11.6 Å². The molecule has 0 aliphatic heterocycles. The maximum Gasteiger partial charge on any atom is 0.349 e. The zero-order valence-electron chi connectivity index (χ0n) is 13.5. The molecule has 0 aliphatic rings. The summed E-state index contributed by atoms with van der Waals surface area (Å²) in [6.07, 6.45) is 1.42. The fourth-order valence-corrected chi connectivity index (χ4v) is 1.86. The summed E-state index contributed by atoms with van der Waals surface area (Å²) in [5, 5.41) is 0. The molecular formula is C16H23BO4. The van der Waals surface area contributed by atoms with E-state index >= 15 is 0 Å². The van der Waals surface area contributed by atoms with Crippen molar-refractivity contribution in [3.8, 4) is 11.5 Å². The summed E-state index contributed by atoms with van der Waals surface area (Å²) in [5.41, 5.74) is 0.821. The lowest BCUT2D eigenvalue weighted by molar-refractivity contribution is -0.156. The first-order chi connectivity index (χ1) is 9.81. The van der Waals surface area contributed by atoms with Gasteiger partial charge in [-0.3, -0.25) is 0 Å². The highest BCUT2D eigenvalue weighted by Crippen LogP contribution is 2.30. The van der Waals surface area contributed by atoms with Gasteiger partial charge in [0.1, 0.15) is 11.5 Å². The SMILES string of the molecule is [B]CCCOc1cc(C)c(OC(C)(C)C(=O)OC)cc1C. The van der Waals surface area contributed by atoms with Crippen LogP contribution in [-0.4, -0.2) is 33.1 Å². The molecule has 0 amide bonds. The number of carbonyl (C=O) groups is 1. The van der Waals surface area contributed by atoms with Gasteiger partial charge < -0.3 is 14.2 Å². The molecule has 1 aromatic carbocycles. The van der Waals surface area contributed by atoms with Crippen molar-refractivity contribution in [3.63, 3.8) is 0 Å². The number of rotatable bonds is 7. The van der Waals surface area contributed by atoms with Crippen LogP contribution in [0.25, 0.3) is 0 Å². The van der Waals surface area contributed by atoms with Crippen LogP contribution in [0.1, 0.15) is 31.4 Å². The number of methoxy groups -OCH3 is 1. The van der Waals surface area contributed by atoms with Gasteiger partial charge in [0.05, 0.1) is 21.6 Å². The van der Waals surface area contributed by atoms with Gasteiger partial charge in [-0.1, -0.05) is 6.32 Å². The number of hydrogen-bond acceptors (Lipinski definition) is 4. The average molecular weight is 290 g/mol. The van der Waals surface area contributed by atoms with Gasteiger partial charge >= 0.3 is 5.97 Å². The fourth-order valence-electron chi connectivity index (χ4n) is 1.86. The molecule has 0 N–H and O–H groups in total. The number of hydrogen-bond donors (Lipinski definition) is 0. The second kappa shape index (κ2) is 7.39. The largest absolute Gasteiger partial charge is 0.493 e. The van der Waals surface area contributed by atoms with Gasteiger partial charge in [-0.05, 0) is 57.4 Å². The highest BCUT2D eigenvalue weighted by atomic mass is 16.6. The van der Waals surface area contributed by atoms with E-state index in [1.54, 1.807) is 13.8 Å². The summed E-state index contributed by atoms with van der Waals surface area (Å²) in [4.78, 5) is 11.7. The Morgan fingerprint density at radius 2 is 1.76 bits per heavy atom. The molecule has 21 heavy (non-hydrogen) atoms. The smallest absolute Gasteiger partial charge is 0.349 e. The summed E-state index contributed by atoms with van der Waals surface area (Å²) in [6, 6.07) is 3.78. The molecule has 0 atom stereocenters. The topological polar surface area (TPSA) is 44.8 Å². The van der Waals surface area contributed by atoms with Crippen molar-refractivity contribution < 1.29 is 19.0 Å². The Balaban J connectivity index is 2.91. The second-order valence-electron chi connectivity index (χ2n) is 5.48. The summed E-state index contributed by atoms with van der Waals surface area (Å²) in [6.45, 7) is 7.80. The Bertz CT molecular complexity index is 497. The molecule has 0 fully saturated rings. The standard InChI is InChI=1S/C16H23BO4/c1-11-10-14(21-16(3,4)15(18)19-5)12(2)9-13(11)20-8-6-7-17/h9-10H,6-8H2,1-5H3. The van der Waals surface area contributed by atoms with Gasteiger partial charge in [-0.15, -0.1) is 0 Å². The van der Waals surface area contributed by atoms with E-state index in [2.05, 4.69) is 0 Å². The van der Waals surface area contributed by atoms with Crippen molar-refractivity contribution in [1.82, 2.24) is 0 Å². The van der Waals surface area contributed by atoms with Gasteiger partial charge in [0.25, 0.3) is 0 Å². The molecular weight excluding hydrogens is 267 g/mol. The molecule has 0 aliphatic carbocycles. The lowest BCUT2D eigenvalue weighted by Crippen LogP contribution is -2.39. The van der Waals surface area contributed by atoms with Crippen molar-refractivity contribution in [2.24, 2.45) is 0 Å². The summed E-state index contributed by atoms with van der Waals surface area (Å²) in [5.74, 6) is 1.04. The highest BCUT2D eigenvalue weighted by molar-refractivity contribution is 6.08. The van der Waals surface area contributed by atoms with E-state index in [1.807, 2.05) is 26.0 Å². The molecule has 4 nitrogen and oxygen atoms in total. The summed E-state index contributed by atoms with van der Waals surface area (Å²) >= 11 is 0. The number of esters is 1. The summed E-state index contributed by atoms with van der Waals surface area (Å²) in [7, 11) is 6.80. The number of aryl methyl sites for hydroxylation is 2. The van der Waals surface area contributed by atoms with Crippen molar-refractivity contribution >= 4 is 13.8 Å². The number of carbonyl (C=O) groups excluding carboxylic acids is 1. The van der Waals surface area contributed by atoms with Gasteiger partial charge in [-0.2, -0.15) is 0 Å². The average Bonchev–Trinajstić information content (AvgIpc) is 2.42. The van der Waals surface area contributed by atoms with Crippen LogP contribution < -0.4 is 9.47 Å². The minimum Gasteiger partial charge on any atom is -0.493 e. The third-order valence-corrected chi connectivity index (χ3v) is 3.12. The highest BCUT2D eigenvalue weighted by Gasteiger charge is 2.31. The zero-order chi connectivity index (χ0) is 16.0. The Labute approximate surface area is 128 Å². The first kappa shape index (κ1) is 17.4. The molecule has 2 radical (unpaired) electrons. The fraction of sp³-hybridized carbons (Fsp3) is 0.562. The zero-order valence-corrected chi connectivity index (χ0v) is 13.5. The van der Waals surface area contributed by atoms with Crippen LogP contribution >= 0.6 is 0 Å². The molecule has 5 heteroatoms. The van der Waals surface area contributed by atoms with Gasteiger partial charge in [-0.25, -0.2) is 4.79 Å². The van der Waals surface area contributed by atoms with Gasteiger partial charge in [0, 0.05) is 0 Å². The minimum atomic E-state index is -1.03. The van der Waals surface area contributed by atoms with E-state index in [-0.39, 0.29) is 0 Å². The molecule has 0 bridgehead atoms. The van der Waals surface area contributed by atoms with E-state index in [0.717, 1.165) is 23.3 Å². The molecule has 0 saturated carbocycles. The van der Waals surface area contributed by atoms with Crippen molar-refractivity contribution in [2.75, 3.05) is 13.7 Å². The molecule has 0 aromatic heterocycles. The molecule has 0 saturated heterocycles. The maximum atomic E-state index is 11.7. The molecule has 0 unspecified atom stereocenters. The quantitative estimate of drug-likeness (QED) is 0.440. The van der Waals surface area contributed by atoms with Crippen LogP contribution in [0.5, 0.6) is 11.5 Å². The predicted octanol–water partition coefficient (Wildman–Crippen LogP) is 2.99. The lowest BCUT2D eigenvalue weighted by Gasteiger charge is -2.25. The van der Waals surface area contributed by atoms with E-state index in [0.29, 0.717) is 18.7 Å². The van der Waals surface area contributed by atoms with Gasteiger partial charge in [0.2, 0.25) is 0 Å². The van der Waals surface area contributed by atoms with Crippen molar-refractivity contribution in [3.05, 3.63) is 23.3 Å². The van der Waals surface area contributed by atoms with Crippen LogP contribution in [0, 0.1) is 13.8 Å². The Hall–Kier alpha value is -1.65. The van der Waals surface area contributed by atoms with Crippen molar-refractivity contribution in [1.29, 1.82) is 0 Å². The molecule has 1 aromatic rings. The first-order valence-electron chi connectivity index (χ1n) is 7.03. The van der Waals surface area contributed by atoms with Gasteiger partial charge in [0.15, 0.2) is 5.60 Å². The predicted molar refractivity (Wildman–Crippen MR) is 83.3 cm³/mol. The van der Waals surface area contributed by atoms with Crippen LogP contribution in [0.4, 0.5) is 0 Å².